The maximum Gasteiger partial charge on any atom is 0.472 e. The minimum Gasteiger partial charge on any atom is -0.387 e. The predicted octanol–water partition coefficient (Wildman–Crippen LogP) is 14.2. The Bertz CT molecular complexity index is 971. The number of nitrogens with one attached hydrogen (secondary N) is 1. The van der Waals surface area contributed by atoms with Gasteiger partial charge in [-0.3, -0.25) is 13.8 Å². The number of carbonyl (C=O) groups is 1. The zero-order valence-electron chi connectivity index (χ0n) is 39.5. The first-order valence-electron chi connectivity index (χ1n) is 24.9. The molecule has 0 aliphatic heterocycles. The van der Waals surface area contributed by atoms with Gasteiger partial charge in [0.1, 0.15) is 13.2 Å². The number of rotatable bonds is 45. The summed E-state index contributed by atoms with van der Waals surface area (Å²) in [5.41, 5.74) is 0. The smallest absolute Gasteiger partial charge is 0.387 e. The third-order valence-electron chi connectivity index (χ3n) is 11.4. The van der Waals surface area contributed by atoms with Crippen molar-refractivity contribution in [2.24, 2.45) is 5.92 Å². The highest BCUT2D eigenvalue weighted by Gasteiger charge is 2.27. The summed E-state index contributed by atoms with van der Waals surface area (Å²) in [6.07, 6.45) is 45.9. The summed E-state index contributed by atoms with van der Waals surface area (Å²) in [4.78, 5) is 23.2. The lowest BCUT2D eigenvalue weighted by molar-refractivity contribution is -0.870. The second-order valence-corrected chi connectivity index (χ2v) is 20.5. The summed E-state index contributed by atoms with van der Waals surface area (Å²) in [5.74, 6) is 0.616. The molecule has 346 valence electrons. The number of carbonyl (C=O) groups excluding carboxylic acids is 1. The Kier molecular flexibility index (Phi) is 39.8. The van der Waals surface area contributed by atoms with E-state index in [-0.39, 0.29) is 19.1 Å². The van der Waals surface area contributed by atoms with Gasteiger partial charge < -0.3 is 19.8 Å². The zero-order chi connectivity index (χ0) is 43.0. The minimum absolute atomic E-state index is 0.0638. The number of hydrogen-bond acceptors (Lipinski definition) is 5. The van der Waals surface area contributed by atoms with Crippen LogP contribution < -0.4 is 5.32 Å². The molecule has 9 heteroatoms. The van der Waals surface area contributed by atoms with Crippen LogP contribution in [-0.2, 0) is 18.4 Å². The number of allylic oxidation sites excluding steroid dienone is 1. The van der Waals surface area contributed by atoms with Gasteiger partial charge in [-0.1, -0.05) is 226 Å². The van der Waals surface area contributed by atoms with Crippen molar-refractivity contribution in [3.8, 4) is 0 Å². The molecular weight excluding hydrogens is 744 g/mol. The lowest BCUT2D eigenvalue weighted by Gasteiger charge is -2.25. The number of amides is 1. The van der Waals surface area contributed by atoms with Crippen LogP contribution in [0.5, 0.6) is 0 Å². The maximum absolute atomic E-state index is 12.9. The lowest BCUT2D eigenvalue weighted by Crippen LogP contribution is -2.45. The summed E-state index contributed by atoms with van der Waals surface area (Å²) in [6.45, 7) is 7.15. The molecule has 0 saturated carbocycles. The number of likely N-dealkylation sites (N-methyl/N-ethyl adjacent to an activating group) is 1. The Labute approximate surface area is 361 Å². The van der Waals surface area contributed by atoms with Crippen LogP contribution in [0, 0.1) is 5.92 Å². The number of quaternary nitrogens is 1. The SMILES string of the molecule is CCCCCCCCCCCCCCCCCCCCCCCCCCC(=O)N[C@@H](COP(=O)(O)OCC[N+](C)(C)C)[C@H](O)/C=C/CCCCCCCCCC(C)C. The van der Waals surface area contributed by atoms with E-state index < -0.39 is 20.0 Å². The monoisotopic (exact) mass is 844 g/mol. The first-order chi connectivity index (χ1) is 27.9. The highest BCUT2D eigenvalue weighted by molar-refractivity contribution is 7.47. The fraction of sp³-hybridized carbons (Fsp3) is 0.939. The number of hydrogen-bond donors (Lipinski definition) is 3. The van der Waals surface area contributed by atoms with E-state index in [0.29, 0.717) is 17.4 Å². The molecule has 0 aromatic carbocycles. The van der Waals surface area contributed by atoms with Gasteiger partial charge in [-0.15, -0.1) is 0 Å². The Hall–Kier alpha value is -0.760. The predicted molar refractivity (Wildman–Crippen MR) is 249 cm³/mol. The normalized spacial score (nSPS) is 14.4. The molecule has 0 aromatic heterocycles. The van der Waals surface area contributed by atoms with Crippen molar-refractivity contribution < 1.29 is 32.9 Å². The molecule has 1 unspecified atom stereocenters. The molecule has 58 heavy (non-hydrogen) atoms. The van der Waals surface area contributed by atoms with Gasteiger partial charge in [0.05, 0.1) is 39.9 Å². The first-order valence-corrected chi connectivity index (χ1v) is 26.4. The van der Waals surface area contributed by atoms with Crippen molar-refractivity contribution in [2.45, 2.75) is 251 Å². The van der Waals surface area contributed by atoms with E-state index in [0.717, 1.165) is 44.4 Å². The Morgan fingerprint density at radius 2 is 1.02 bits per heavy atom. The molecule has 0 aromatic rings. The molecule has 3 atom stereocenters. The molecule has 0 aliphatic carbocycles. The van der Waals surface area contributed by atoms with E-state index in [1.54, 1.807) is 6.08 Å². The van der Waals surface area contributed by atoms with Crippen LogP contribution in [0.4, 0.5) is 0 Å². The molecular formula is C49H100N2O6P+. The molecule has 3 N–H and O–H groups in total. The van der Waals surface area contributed by atoms with Crippen molar-refractivity contribution in [3.05, 3.63) is 12.2 Å². The Balaban J connectivity index is 4.17. The maximum atomic E-state index is 12.9. The van der Waals surface area contributed by atoms with Gasteiger partial charge in [-0.2, -0.15) is 0 Å². The van der Waals surface area contributed by atoms with Gasteiger partial charge in [-0.25, -0.2) is 4.57 Å². The van der Waals surface area contributed by atoms with Gasteiger partial charge in [0, 0.05) is 6.42 Å². The number of aliphatic hydroxyl groups excluding tert-OH is 1. The van der Waals surface area contributed by atoms with Crippen molar-refractivity contribution in [2.75, 3.05) is 40.9 Å². The van der Waals surface area contributed by atoms with Crippen molar-refractivity contribution in [1.29, 1.82) is 0 Å². The first kappa shape index (κ1) is 57.2. The van der Waals surface area contributed by atoms with E-state index in [4.69, 9.17) is 9.05 Å². The third-order valence-corrected chi connectivity index (χ3v) is 12.4. The van der Waals surface area contributed by atoms with Crippen LogP contribution in [0.2, 0.25) is 0 Å². The molecule has 0 bridgehead atoms. The highest BCUT2D eigenvalue weighted by Crippen LogP contribution is 2.43. The molecule has 8 nitrogen and oxygen atoms in total. The number of unbranched alkanes of at least 4 members (excludes halogenated alkanes) is 30. The summed E-state index contributed by atoms with van der Waals surface area (Å²) in [7, 11) is 1.58. The van der Waals surface area contributed by atoms with Gasteiger partial charge in [0.2, 0.25) is 5.91 Å². The fourth-order valence-corrected chi connectivity index (χ4v) is 8.20. The topological polar surface area (TPSA) is 105 Å². The summed E-state index contributed by atoms with van der Waals surface area (Å²) >= 11 is 0. The third kappa shape index (κ3) is 43.3. The van der Waals surface area contributed by atoms with Gasteiger partial charge in [-0.05, 0) is 25.2 Å². The molecule has 0 aliphatic rings. The Morgan fingerprint density at radius 3 is 1.43 bits per heavy atom. The number of aliphatic hydroxyl groups is 1. The quantitative estimate of drug-likeness (QED) is 0.0244. The van der Waals surface area contributed by atoms with Crippen LogP contribution in [0.1, 0.15) is 239 Å². The van der Waals surface area contributed by atoms with Crippen LogP contribution in [0.15, 0.2) is 12.2 Å². The van der Waals surface area contributed by atoms with E-state index in [1.807, 2.05) is 27.2 Å². The van der Waals surface area contributed by atoms with Gasteiger partial charge in [0.15, 0.2) is 0 Å². The molecule has 1 amide bonds. The van der Waals surface area contributed by atoms with Gasteiger partial charge >= 0.3 is 7.82 Å². The van der Waals surface area contributed by atoms with E-state index in [9.17, 15) is 19.4 Å². The molecule has 0 rings (SSSR count). The zero-order valence-corrected chi connectivity index (χ0v) is 40.4. The van der Waals surface area contributed by atoms with Crippen molar-refractivity contribution >= 4 is 13.7 Å². The van der Waals surface area contributed by atoms with Crippen LogP contribution in [-0.4, -0.2) is 73.4 Å². The van der Waals surface area contributed by atoms with E-state index in [2.05, 4.69) is 26.1 Å². The fourth-order valence-electron chi connectivity index (χ4n) is 7.46. The van der Waals surface area contributed by atoms with Crippen LogP contribution >= 0.6 is 7.82 Å². The average molecular weight is 844 g/mol. The lowest BCUT2D eigenvalue weighted by atomic mass is 10.0. The summed E-state index contributed by atoms with van der Waals surface area (Å²) < 4.78 is 23.6. The van der Waals surface area contributed by atoms with E-state index in [1.165, 1.54) is 173 Å². The Morgan fingerprint density at radius 1 is 0.621 bits per heavy atom. The van der Waals surface area contributed by atoms with Gasteiger partial charge in [0.25, 0.3) is 0 Å². The van der Waals surface area contributed by atoms with Crippen molar-refractivity contribution in [3.63, 3.8) is 0 Å². The largest absolute Gasteiger partial charge is 0.472 e. The number of phosphoric ester groups is 1. The number of phosphoric acid groups is 1. The average Bonchev–Trinajstić information content (AvgIpc) is 3.16. The second-order valence-electron chi connectivity index (χ2n) is 19.0. The highest BCUT2D eigenvalue weighted by atomic mass is 31.2. The second kappa shape index (κ2) is 40.3. The molecule has 0 fully saturated rings. The standard InChI is InChI=1S/C49H99N2O6P/c1-7-8-9-10-11-12-13-14-15-16-17-18-19-20-21-22-23-24-25-26-30-33-36-39-42-49(53)50-47(45-57-58(54,55)56-44-43-51(4,5)6)48(52)41-38-35-32-29-27-28-31-34-37-40-46(2)3/h38,41,46-48,52H,7-37,39-40,42-45H2,1-6H3,(H-,50,53,54,55)/p+1/b41-38+/t47-,48+/m0/s1. The minimum atomic E-state index is -4.33. The molecule has 0 heterocycles. The van der Waals surface area contributed by atoms with Crippen molar-refractivity contribution in [1.82, 2.24) is 5.32 Å². The summed E-state index contributed by atoms with van der Waals surface area (Å²) in [6, 6.07) is -0.841. The van der Waals surface area contributed by atoms with Crippen LogP contribution in [0.3, 0.4) is 0 Å². The molecule has 0 spiro atoms. The summed E-state index contributed by atoms with van der Waals surface area (Å²) in [5, 5.41) is 13.8. The van der Waals surface area contributed by atoms with E-state index >= 15 is 0 Å². The van der Waals surface area contributed by atoms with Crippen LogP contribution in [0.25, 0.3) is 0 Å². The molecule has 0 saturated heterocycles. The molecule has 0 radical (unpaired) electrons. The number of nitrogens with zero attached hydrogens (tertiary/aromatic N) is 1.